The molecule has 0 aromatic heterocycles. The van der Waals surface area contributed by atoms with Crippen LogP contribution in [0.4, 0.5) is 0 Å². The number of methoxy groups -OCH3 is 6. The van der Waals surface area contributed by atoms with Gasteiger partial charge in [0.05, 0.1) is 61.5 Å². The minimum atomic E-state index is -1.23. The number of phenolic OH excluding ortho intramolecular Hbond substituents is 1. The number of aliphatic hydroxyl groups is 4. The van der Waals surface area contributed by atoms with Crippen LogP contribution in [0, 0.1) is 0 Å². The lowest BCUT2D eigenvalue weighted by Gasteiger charge is -2.35. The van der Waals surface area contributed by atoms with Crippen molar-refractivity contribution in [2.45, 2.75) is 50.0 Å². The molecule has 0 saturated heterocycles. The number of hydrogen-bond acceptors (Lipinski definition) is 13. The second-order valence-electron chi connectivity index (χ2n) is 10.7. The molecule has 3 rings (SSSR count). The van der Waals surface area contributed by atoms with Crippen LogP contribution >= 0.6 is 0 Å². The van der Waals surface area contributed by atoms with Crippen molar-refractivity contribution < 1.29 is 63.4 Å². The van der Waals surface area contributed by atoms with Crippen molar-refractivity contribution in [1.29, 1.82) is 0 Å². The fourth-order valence-electron chi connectivity index (χ4n) is 4.71. The van der Waals surface area contributed by atoms with Crippen LogP contribution in [0.1, 0.15) is 19.4 Å². The third-order valence-corrected chi connectivity index (χ3v) is 7.28. The fourth-order valence-corrected chi connectivity index (χ4v) is 4.71. The van der Waals surface area contributed by atoms with Crippen molar-refractivity contribution in [2.75, 3.05) is 69.1 Å². The van der Waals surface area contributed by atoms with Gasteiger partial charge in [-0.05, 0) is 67.0 Å². The Morgan fingerprint density at radius 1 is 0.711 bits per heavy atom. The smallest absolute Gasteiger partial charge is 0.200 e. The normalized spacial score (nSPS) is 25.1. The molecule has 2 aliphatic rings. The van der Waals surface area contributed by atoms with Crippen LogP contribution in [0.3, 0.4) is 0 Å². The molecular formula is C32H48O13. The number of aliphatic hydroxyl groups excluding tert-OH is 2. The van der Waals surface area contributed by atoms with Crippen LogP contribution in [0.5, 0.6) is 17.2 Å². The van der Waals surface area contributed by atoms with Crippen LogP contribution in [0.2, 0.25) is 0 Å². The molecule has 1 aromatic rings. The molecule has 0 spiro atoms. The molecule has 1 aromatic carbocycles. The molecule has 0 heterocycles. The molecule has 254 valence electrons. The average Bonchev–Trinajstić information content (AvgIpc) is 3.02. The monoisotopic (exact) mass is 640 g/mol. The first-order chi connectivity index (χ1) is 21.3. The van der Waals surface area contributed by atoms with E-state index in [0.29, 0.717) is 24.7 Å². The van der Waals surface area contributed by atoms with Crippen molar-refractivity contribution in [1.82, 2.24) is 0 Å². The van der Waals surface area contributed by atoms with Gasteiger partial charge >= 0.3 is 0 Å². The molecule has 5 atom stereocenters. The molecule has 0 saturated carbocycles. The van der Waals surface area contributed by atoms with E-state index in [1.807, 2.05) is 12.2 Å². The van der Waals surface area contributed by atoms with Crippen LogP contribution in [0.25, 0.3) is 0 Å². The molecule has 2 aliphatic carbocycles. The molecule has 5 N–H and O–H groups in total. The van der Waals surface area contributed by atoms with Crippen molar-refractivity contribution in [3.05, 3.63) is 64.7 Å². The van der Waals surface area contributed by atoms with Gasteiger partial charge in [0.1, 0.15) is 41.0 Å². The highest BCUT2D eigenvalue weighted by atomic mass is 16.5. The highest BCUT2D eigenvalue weighted by Gasteiger charge is 2.40. The zero-order valence-corrected chi connectivity index (χ0v) is 27.2. The van der Waals surface area contributed by atoms with E-state index in [0.717, 1.165) is 16.7 Å². The number of phenols is 1. The van der Waals surface area contributed by atoms with Crippen molar-refractivity contribution >= 4 is 0 Å². The van der Waals surface area contributed by atoms with Gasteiger partial charge in [0.25, 0.3) is 0 Å². The fraction of sp³-hybridized carbons (Fsp3) is 0.562. The summed E-state index contributed by atoms with van der Waals surface area (Å²) >= 11 is 0. The lowest BCUT2D eigenvalue weighted by molar-refractivity contribution is -0.0639. The molecule has 0 aliphatic heterocycles. The predicted molar refractivity (Wildman–Crippen MR) is 164 cm³/mol. The zero-order valence-electron chi connectivity index (χ0n) is 27.2. The van der Waals surface area contributed by atoms with E-state index in [4.69, 9.17) is 48.1 Å². The van der Waals surface area contributed by atoms with E-state index in [1.165, 1.54) is 42.7 Å². The largest absolute Gasteiger partial charge is 0.502 e. The quantitative estimate of drug-likeness (QED) is 0.188. The van der Waals surface area contributed by atoms with Crippen molar-refractivity contribution in [3.63, 3.8) is 0 Å². The molecular weight excluding hydrogens is 592 g/mol. The Kier molecular flexibility index (Phi) is 14.8. The van der Waals surface area contributed by atoms with Gasteiger partial charge in [-0.3, -0.25) is 0 Å². The maximum Gasteiger partial charge on any atom is 0.200 e. The second-order valence-corrected chi connectivity index (χ2v) is 10.7. The molecule has 5 unspecified atom stereocenters. The number of aromatic hydroxyl groups is 1. The van der Waals surface area contributed by atoms with E-state index in [1.54, 1.807) is 38.1 Å². The number of rotatable bonds is 15. The third kappa shape index (κ3) is 9.92. The van der Waals surface area contributed by atoms with Gasteiger partial charge in [0.15, 0.2) is 11.5 Å². The predicted octanol–water partition coefficient (Wildman–Crippen LogP) is 1.75. The molecule has 0 radical (unpaired) electrons. The van der Waals surface area contributed by atoms with E-state index >= 15 is 0 Å². The molecule has 0 fully saturated rings. The molecule has 0 bridgehead atoms. The third-order valence-electron chi connectivity index (χ3n) is 7.28. The van der Waals surface area contributed by atoms with Gasteiger partial charge in [-0.25, -0.2) is 0 Å². The Morgan fingerprint density at radius 2 is 1.16 bits per heavy atom. The average molecular weight is 641 g/mol. The van der Waals surface area contributed by atoms with E-state index in [-0.39, 0.29) is 37.1 Å². The first-order valence-corrected chi connectivity index (χ1v) is 14.1. The SMILES string of the molecule is COC1=CC(COCC2=CC(OC)C(C)(O)C(OC)=C2)=CC(OC)C1(C)O.COc1cc(COCC(O)CO)cc(OC)c1O. The van der Waals surface area contributed by atoms with Crippen LogP contribution in [0.15, 0.2) is 59.1 Å². The summed E-state index contributed by atoms with van der Waals surface area (Å²) in [7, 11) is 8.97. The van der Waals surface area contributed by atoms with Gasteiger partial charge in [-0.2, -0.15) is 0 Å². The van der Waals surface area contributed by atoms with E-state index in [2.05, 4.69) is 0 Å². The Balaban J connectivity index is 0.000000341. The van der Waals surface area contributed by atoms with E-state index in [9.17, 15) is 15.3 Å². The summed E-state index contributed by atoms with van der Waals surface area (Å²) in [6.07, 6.45) is 5.18. The maximum absolute atomic E-state index is 10.5. The zero-order chi connectivity index (χ0) is 33.8. The molecule has 45 heavy (non-hydrogen) atoms. The van der Waals surface area contributed by atoms with Gasteiger partial charge in [0, 0.05) is 14.2 Å². The standard InChI is InChI=1S/C20H30O7.C12H18O6/c1-19(21)15(23-3)7-13(8-16(19)24-4)11-27-12-14-9-17(25-5)20(2,22)18(10-14)26-6;1-16-10-3-8(4-11(17-2)12(10)15)6-18-7-9(14)5-13/h7-10,15,17,21-22H,11-12H2,1-6H3;3-4,9,13-15H,5-7H2,1-2H3. The first kappa shape index (κ1) is 38.0. The highest BCUT2D eigenvalue weighted by molar-refractivity contribution is 5.52. The van der Waals surface area contributed by atoms with Gasteiger partial charge < -0.3 is 63.4 Å². The minimum Gasteiger partial charge on any atom is -0.502 e. The minimum absolute atomic E-state index is 0.0298. The van der Waals surface area contributed by atoms with Gasteiger partial charge in [-0.1, -0.05) is 0 Å². The summed E-state index contributed by atoms with van der Waals surface area (Å²) in [6.45, 7) is 3.81. The molecule has 13 heteroatoms. The van der Waals surface area contributed by atoms with E-state index < -0.39 is 29.5 Å². The van der Waals surface area contributed by atoms with Crippen LogP contribution in [-0.4, -0.2) is 124 Å². The number of ether oxygens (including phenoxy) is 8. The molecule has 0 amide bonds. The van der Waals surface area contributed by atoms with Crippen molar-refractivity contribution in [3.8, 4) is 17.2 Å². The summed E-state index contributed by atoms with van der Waals surface area (Å²) in [4.78, 5) is 0. The summed E-state index contributed by atoms with van der Waals surface area (Å²) in [5.41, 5.74) is -0.0502. The first-order valence-electron chi connectivity index (χ1n) is 14.1. The van der Waals surface area contributed by atoms with Gasteiger partial charge in [0.2, 0.25) is 5.75 Å². The molecule has 13 nitrogen and oxygen atoms in total. The van der Waals surface area contributed by atoms with Crippen molar-refractivity contribution in [2.24, 2.45) is 0 Å². The maximum atomic E-state index is 10.5. The van der Waals surface area contributed by atoms with Gasteiger partial charge in [-0.15, -0.1) is 0 Å². The topological polar surface area (TPSA) is 175 Å². The number of hydrogen-bond donors (Lipinski definition) is 5. The lowest BCUT2D eigenvalue weighted by Crippen LogP contribution is -2.44. The Labute approximate surface area is 264 Å². The Bertz CT molecular complexity index is 1130. The Morgan fingerprint density at radius 3 is 1.51 bits per heavy atom. The summed E-state index contributed by atoms with van der Waals surface area (Å²) in [5, 5.41) is 48.5. The number of benzene rings is 1. The lowest BCUT2D eigenvalue weighted by atomic mass is 9.88. The second kappa shape index (κ2) is 17.5. The summed E-state index contributed by atoms with van der Waals surface area (Å²) in [5.74, 6) is 1.35. The summed E-state index contributed by atoms with van der Waals surface area (Å²) < 4.78 is 42.3. The Hall–Kier alpha value is -3.14. The summed E-state index contributed by atoms with van der Waals surface area (Å²) in [6, 6.07) is 3.23. The highest BCUT2D eigenvalue weighted by Crippen LogP contribution is 2.37. The van der Waals surface area contributed by atoms with Crippen LogP contribution < -0.4 is 9.47 Å². The van der Waals surface area contributed by atoms with Crippen LogP contribution in [-0.2, 0) is 35.0 Å².